The SMILES string of the molecule is CN1CCC(N(Cc2ccccc2)c2ccccc2)CC1.O=C(Nc1ccc(Cl)cc1)c1cc(Br)ccc1O.O=C(O)c1ccccc1O. The molecule has 8 nitrogen and oxygen atoms in total. The van der Waals surface area contributed by atoms with Crippen molar-refractivity contribution in [3.05, 3.63) is 154 Å². The predicted molar refractivity (Wildman–Crippen MR) is 200 cm³/mol. The first-order valence-electron chi connectivity index (χ1n) is 15.7. The fourth-order valence-electron chi connectivity index (χ4n) is 5.21. The molecular weight excluding hydrogens is 706 g/mol. The molecule has 49 heavy (non-hydrogen) atoms. The van der Waals surface area contributed by atoms with Gasteiger partial charge in [-0.25, -0.2) is 4.79 Å². The van der Waals surface area contributed by atoms with Crippen molar-refractivity contribution in [1.29, 1.82) is 0 Å². The third kappa shape index (κ3) is 11.7. The third-order valence-electron chi connectivity index (χ3n) is 7.85. The van der Waals surface area contributed by atoms with Gasteiger partial charge in [0.15, 0.2) is 0 Å². The lowest BCUT2D eigenvalue weighted by molar-refractivity contribution is 0.0693. The average Bonchev–Trinajstić information content (AvgIpc) is 3.11. The normalized spacial score (nSPS) is 12.8. The number of amides is 1. The van der Waals surface area contributed by atoms with Gasteiger partial charge in [-0.3, -0.25) is 4.79 Å². The Hall–Kier alpha value is -4.83. The second kappa shape index (κ2) is 18.6. The number of anilines is 2. The Bertz CT molecular complexity index is 1780. The third-order valence-corrected chi connectivity index (χ3v) is 8.60. The number of phenolic OH excluding ortho intramolecular Hbond substituents is 1. The molecule has 0 bridgehead atoms. The summed E-state index contributed by atoms with van der Waals surface area (Å²) in [5.41, 5.74) is 3.49. The van der Waals surface area contributed by atoms with Crippen molar-refractivity contribution in [3.63, 3.8) is 0 Å². The number of carbonyl (C=O) groups excluding carboxylic acids is 1. The van der Waals surface area contributed by atoms with Crippen molar-refractivity contribution in [2.45, 2.75) is 25.4 Å². The summed E-state index contributed by atoms with van der Waals surface area (Å²) in [5.74, 6) is -1.76. The zero-order valence-electron chi connectivity index (χ0n) is 27.0. The number of likely N-dealkylation sites (tertiary alicyclic amines) is 1. The van der Waals surface area contributed by atoms with Gasteiger partial charge in [-0.1, -0.05) is 88.2 Å². The van der Waals surface area contributed by atoms with E-state index in [-0.39, 0.29) is 28.5 Å². The number of rotatable bonds is 7. The highest BCUT2D eigenvalue weighted by atomic mass is 79.9. The van der Waals surface area contributed by atoms with Crippen LogP contribution in [0.1, 0.15) is 39.1 Å². The number of aromatic carboxylic acids is 1. The van der Waals surface area contributed by atoms with Crippen LogP contribution >= 0.6 is 27.5 Å². The summed E-state index contributed by atoms with van der Waals surface area (Å²) in [6, 6.07) is 39.5. The number of piperidine rings is 1. The quantitative estimate of drug-likeness (QED) is 0.132. The summed E-state index contributed by atoms with van der Waals surface area (Å²) in [5, 5.41) is 30.2. The van der Waals surface area contributed by atoms with E-state index in [1.165, 1.54) is 55.4 Å². The van der Waals surface area contributed by atoms with Crippen LogP contribution in [0.25, 0.3) is 0 Å². The number of nitrogens with one attached hydrogen (secondary N) is 1. The van der Waals surface area contributed by atoms with Crippen molar-refractivity contribution < 1.29 is 24.9 Å². The first-order valence-corrected chi connectivity index (χ1v) is 16.9. The number of nitrogens with zero attached hydrogens (tertiary/aromatic N) is 2. The summed E-state index contributed by atoms with van der Waals surface area (Å²) in [6.07, 6.45) is 2.50. The second-order valence-electron chi connectivity index (χ2n) is 11.4. The molecule has 1 aliphatic heterocycles. The maximum atomic E-state index is 11.9. The van der Waals surface area contributed by atoms with E-state index in [1.807, 2.05) is 0 Å². The molecule has 1 saturated heterocycles. The molecule has 0 atom stereocenters. The maximum Gasteiger partial charge on any atom is 0.339 e. The Morgan fingerprint density at radius 2 is 1.37 bits per heavy atom. The number of halogens is 2. The zero-order chi connectivity index (χ0) is 35.2. The highest BCUT2D eigenvalue weighted by molar-refractivity contribution is 9.10. The number of carbonyl (C=O) groups is 2. The van der Waals surface area contributed by atoms with Crippen LogP contribution in [-0.2, 0) is 6.54 Å². The molecule has 0 saturated carbocycles. The fourth-order valence-corrected chi connectivity index (χ4v) is 5.70. The van der Waals surface area contributed by atoms with Gasteiger partial charge in [0.2, 0.25) is 0 Å². The molecule has 0 radical (unpaired) electrons. The Morgan fingerprint density at radius 1 is 0.796 bits per heavy atom. The number of carboxylic acids is 1. The molecule has 1 amide bonds. The van der Waals surface area contributed by atoms with Gasteiger partial charge in [0.05, 0.1) is 5.56 Å². The van der Waals surface area contributed by atoms with E-state index in [1.54, 1.807) is 48.5 Å². The van der Waals surface area contributed by atoms with E-state index < -0.39 is 5.97 Å². The van der Waals surface area contributed by atoms with E-state index in [0.717, 1.165) is 11.0 Å². The number of carboxylic acid groups (broad SMARTS) is 1. The lowest BCUT2D eigenvalue weighted by Crippen LogP contribution is -2.43. The Kier molecular flexibility index (Phi) is 14.1. The van der Waals surface area contributed by atoms with Gasteiger partial charge in [-0.2, -0.15) is 0 Å². The number of hydrogen-bond acceptors (Lipinski definition) is 6. The Labute approximate surface area is 300 Å². The number of para-hydroxylation sites is 2. The molecule has 1 fully saturated rings. The summed E-state index contributed by atoms with van der Waals surface area (Å²) in [6.45, 7) is 3.39. The van der Waals surface area contributed by atoms with Crippen LogP contribution in [0.2, 0.25) is 5.02 Å². The number of phenols is 2. The summed E-state index contributed by atoms with van der Waals surface area (Å²) < 4.78 is 0.724. The van der Waals surface area contributed by atoms with E-state index in [9.17, 15) is 14.7 Å². The molecule has 0 spiro atoms. The minimum absolute atomic E-state index is 0.0651. The molecular formula is C39H39BrClN3O5. The van der Waals surface area contributed by atoms with E-state index in [0.29, 0.717) is 16.8 Å². The number of aromatic hydroxyl groups is 2. The van der Waals surface area contributed by atoms with Crippen LogP contribution in [0, 0.1) is 0 Å². The standard InChI is InChI=1S/C19H24N2.C13H9BrClNO2.C7H6O3/c1-20-14-12-19(13-15-20)21(18-10-6-3-7-11-18)16-17-8-4-2-5-9-17;14-8-1-6-12(17)11(7-8)13(18)16-10-4-2-9(15)3-5-10;8-6-4-2-1-3-5(6)7(9)10/h2-11,19H,12-16H2,1H3;1-7,17H,(H,16,18);1-4,8H,(H,9,10). The van der Waals surface area contributed by atoms with Gasteiger partial charge in [-0.15, -0.1) is 0 Å². The van der Waals surface area contributed by atoms with Gasteiger partial charge in [0.25, 0.3) is 5.91 Å². The highest BCUT2D eigenvalue weighted by Gasteiger charge is 2.23. The Morgan fingerprint density at radius 3 is 1.96 bits per heavy atom. The van der Waals surface area contributed by atoms with E-state index in [4.69, 9.17) is 21.8 Å². The lowest BCUT2D eigenvalue weighted by atomic mass is 10.0. The number of hydrogen-bond donors (Lipinski definition) is 4. The molecule has 5 aromatic carbocycles. The average molecular weight is 745 g/mol. The van der Waals surface area contributed by atoms with E-state index in [2.05, 4.69) is 98.8 Å². The smallest absolute Gasteiger partial charge is 0.339 e. The zero-order valence-corrected chi connectivity index (χ0v) is 29.4. The largest absolute Gasteiger partial charge is 0.507 e. The summed E-state index contributed by atoms with van der Waals surface area (Å²) in [7, 11) is 2.22. The molecule has 254 valence electrons. The summed E-state index contributed by atoms with van der Waals surface area (Å²) in [4.78, 5) is 27.2. The van der Waals surface area contributed by atoms with Crippen LogP contribution in [0.15, 0.2) is 132 Å². The molecule has 5 aromatic rings. The monoisotopic (exact) mass is 743 g/mol. The van der Waals surface area contributed by atoms with Crippen LogP contribution in [-0.4, -0.2) is 58.3 Å². The molecule has 0 aromatic heterocycles. The van der Waals surface area contributed by atoms with Gasteiger partial charge >= 0.3 is 5.97 Å². The van der Waals surface area contributed by atoms with Crippen molar-refractivity contribution in [2.24, 2.45) is 0 Å². The molecule has 10 heteroatoms. The van der Waals surface area contributed by atoms with Crippen LogP contribution in [0.3, 0.4) is 0 Å². The van der Waals surface area contributed by atoms with Gasteiger partial charge in [-0.05, 0) is 105 Å². The van der Waals surface area contributed by atoms with Crippen LogP contribution < -0.4 is 10.2 Å². The second-order valence-corrected chi connectivity index (χ2v) is 12.8. The van der Waals surface area contributed by atoms with Gasteiger partial charge in [0, 0.05) is 33.5 Å². The minimum atomic E-state index is -1.11. The molecule has 4 N–H and O–H groups in total. The minimum Gasteiger partial charge on any atom is -0.507 e. The molecule has 1 heterocycles. The first-order chi connectivity index (χ1) is 23.6. The lowest BCUT2D eigenvalue weighted by Gasteiger charge is -2.39. The maximum absolute atomic E-state index is 11.9. The molecule has 0 aliphatic carbocycles. The van der Waals surface area contributed by atoms with Crippen molar-refractivity contribution in [2.75, 3.05) is 30.4 Å². The molecule has 1 aliphatic rings. The first kappa shape index (κ1) is 37.0. The van der Waals surface area contributed by atoms with Crippen molar-refractivity contribution in [1.82, 2.24) is 4.90 Å². The molecule has 0 unspecified atom stereocenters. The van der Waals surface area contributed by atoms with E-state index >= 15 is 0 Å². The van der Waals surface area contributed by atoms with Crippen molar-refractivity contribution in [3.8, 4) is 11.5 Å². The van der Waals surface area contributed by atoms with Crippen molar-refractivity contribution >= 4 is 50.8 Å². The van der Waals surface area contributed by atoms with Crippen LogP contribution in [0.5, 0.6) is 11.5 Å². The predicted octanol–water partition coefficient (Wildman–Crippen LogP) is 8.94. The molecule has 6 rings (SSSR count). The van der Waals surface area contributed by atoms with Gasteiger partial charge < -0.3 is 30.4 Å². The highest BCUT2D eigenvalue weighted by Crippen LogP contribution is 2.26. The Balaban J connectivity index is 0.000000176. The van der Waals surface area contributed by atoms with Crippen LogP contribution in [0.4, 0.5) is 11.4 Å². The summed E-state index contributed by atoms with van der Waals surface area (Å²) >= 11 is 9.00. The number of benzene rings is 5. The topological polar surface area (TPSA) is 113 Å². The fraction of sp³-hybridized carbons (Fsp3) is 0.179. The van der Waals surface area contributed by atoms with Gasteiger partial charge in [0.1, 0.15) is 17.1 Å².